The van der Waals surface area contributed by atoms with E-state index in [1.54, 1.807) is 16.7 Å². The third-order valence-corrected chi connectivity index (χ3v) is 7.43. The number of carbonyl (C=O) groups is 2. The topological polar surface area (TPSA) is 49.9 Å². The highest BCUT2D eigenvalue weighted by Gasteiger charge is 2.36. The molecule has 2 amide bonds. The second-order valence-corrected chi connectivity index (χ2v) is 9.59. The van der Waals surface area contributed by atoms with Crippen LogP contribution in [0.4, 0.5) is 5.69 Å². The molecule has 2 aliphatic heterocycles. The number of ether oxygens (including phenoxy) is 1. The van der Waals surface area contributed by atoms with Crippen LogP contribution in [0.3, 0.4) is 0 Å². The van der Waals surface area contributed by atoms with Gasteiger partial charge in [0.25, 0.3) is 5.91 Å². The maximum Gasteiger partial charge on any atom is 0.265 e. The number of rotatable bonds is 4. The average Bonchev–Trinajstić information content (AvgIpc) is 3.30. The van der Waals surface area contributed by atoms with Crippen molar-refractivity contribution in [3.8, 4) is 5.75 Å². The number of hydrogen-bond acceptors (Lipinski definition) is 4. The second kappa shape index (κ2) is 8.95. The molecule has 2 aromatic rings. The van der Waals surface area contributed by atoms with Crippen LogP contribution in [0.25, 0.3) is 0 Å². The lowest BCUT2D eigenvalue weighted by molar-refractivity contribution is -0.139. The Labute approximate surface area is 187 Å². The normalized spacial score (nSPS) is 20.1. The van der Waals surface area contributed by atoms with Gasteiger partial charge in [0, 0.05) is 18.0 Å². The van der Waals surface area contributed by atoms with Crippen molar-refractivity contribution < 1.29 is 14.3 Å². The number of para-hydroxylation sites is 2. The molecule has 1 fully saturated rings. The van der Waals surface area contributed by atoms with E-state index in [0.717, 1.165) is 49.4 Å². The van der Waals surface area contributed by atoms with Crippen LogP contribution in [-0.2, 0) is 22.4 Å². The zero-order valence-electron chi connectivity index (χ0n) is 17.7. The molecule has 31 heavy (non-hydrogen) atoms. The van der Waals surface area contributed by atoms with Gasteiger partial charge in [-0.1, -0.05) is 18.2 Å². The number of aryl methyl sites for hydroxylation is 2. The fraction of sp³-hybridized carbons (Fsp3) is 0.440. The molecule has 0 N–H and O–H groups in total. The lowest BCUT2D eigenvalue weighted by atomic mass is 10.1. The summed E-state index contributed by atoms with van der Waals surface area (Å²) >= 11 is 1.57. The van der Waals surface area contributed by atoms with Crippen LogP contribution in [0.5, 0.6) is 5.75 Å². The van der Waals surface area contributed by atoms with Gasteiger partial charge < -0.3 is 14.5 Å². The number of amides is 2. The minimum absolute atomic E-state index is 0.00159. The van der Waals surface area contributed by atoms with Gasteiger partial charge in [-0.2, -0.15) is 0 Å². The number of piperidine rings is 1. The second-order valence-electron chi connectivity index (χ2n) is 8.54. The van der Waals surface area contributed by atoms with Crippen molar-refractivity contribution in [3.63, 3.8) is 0 Å². The Kier molecular flexibility index (Phi) is 5.90. The first-order valence-corrected chi connectivity index (χ1v) is 12.3. The maximum atomic E-state index is 13.2. The van der Waals surface area contributed by atoms with E-state index >= 15 is 0 Å². The lowest BCUT2D eigenvalue weighted by Crippen LogP contribution is -2.53. The summed E-state index contributed by atoms with van der Waals surface area (Å²) < 4.78 is 6.05. The molecule has 0 bridgehead atoms. The van der Waals surface area contributed by atoms with E-state index in [1.165, 1.54) is 24.0 Å². The Hall–Kier alpha value is -2.47. The van der Waals surface area contributed by atoms with E-state index in [9.17, 15) is 9.59 Å². The molecular weight excluding hydrogens is 408 g/mol. The zero-order chi connectivity index (χ0) is 21.2. The van der Waals surface area contributed by atoms with Crippen LogP contribution in [0.1, 0.15) is 36.8 Å². The number of likely N-dealkylation sites (tertiary alicyclic amines) is 1. The molecule has 2 aromatic carbocycles. The molecule has 5 nitrogen and oxygen atoms in total. The van der Waals surface area contributed by atoms with Crippen LogP contribution in [-0.4, -0.2) is 48.2 Å². The molecule has 6 heteroatoms. The SMILES string of the molecule is O=C([C@@H]1CN(C(=O)CSc2ccc3c(c2)CCC3)c2ccccc2O1)N1CCCCC1. The Morgan fingerprint density at radius 1 is 0.968 bits per heavy atom. The summed E-state index contributed by atoms with van der Waals surface area (Å²) in [6.07, 6.45) is 6.12. The molecule has 1 aliphatic carbocycles. The van der Waals surface area contributed by atoms with Crippen LogP contribution >= 0.6 is 11.8 Å². The van der Waals surface area contributed by atoms with E-state index in [2.05, 4.69) is 18.2 Å². The number of nitrogens with zero attached hydrogens (tertiary/aromatic N) is 2. The van der Waals surface area contributed by atoms with Crippen molar-refractivity contribution in [3.05, 3.63) is 53.6 Å². The van der Waals surface area contributed by atoms with Crippen LogP contribution < -0.4 is 9.64 Å². The summed E-state index contributed by atoms with van der Waals surface area (Å²) in [7, 11) is 0. The average molecular weight is 437 g/mol. The summed E-state index contributed by atoms with van der Waals surface area (Å²) in [5.41, 5.74) is 3.61. The summed E-state index contributed by atoms with van der Waals surface area (Å²) in [4.78, 5) is 31.1. The third kappa shape index (κ3) is 4.31. The number of hydrogen-bond donors (Lipinski definition) is 0. The first-order valence-electron chi connectivity index (χ1n) is 11.3. The molecule has 2 heterocycles. The van der Waals surface area contributed by atoms with E-state index in [4.69, 9.17) is 4.74 Å². The van der Waals surface area contributed by atoms with E-state index in [-0.39, 0.29) is 18.4 Å². The Morgan fingerprint density at radius 3 is 2.65 bits per heavy atom. The maximum absolute atomic E-state index is 13.2. The highest BCUT2D eigenvalue weighted by atomic mass is 32.2. The van der Waals surface area contributed by atoms with Gasteiger partial charge in [0.2, 0.25) is 5.91 Å². The van der Waals surface area contributed by atoms with Crippen molar-refractivity contribution in [2.45, 2.75) is 49.5 Å². The molecule has 0 spiro atoms. The van der Waals surface area contributed by atoms with E-state index in [1.807, 2.05) is 29.2 Å². The molecule has 1 atom stereocenters. The Bertz CT molecular complexity index is 986. The predicted molar refractivity (Wildman–Crippen MR) is 123 cm³/mol. The fourth-order valence-electron chi connectivity index (χ4n) is 4.78. The zero-order valence-corrected chi connectivity index (χ0v) is 18.5. The predicted octanol–water partition coefficient (Wildman–Crippen LogP) is 4.07. The number of anilines is 1. The Morgan fingerprint density at radius 2 is 1.77 bits per heavy atom. The lowest BCUT2D eigenvalue weighted by Gasteiger charge is -2.37. The van der Waals surface area contributed by atoms with Crippen LogP contribution in [0.15, 0.2) is 47.4 Å². The molecule has 0 saturated carbocycles. The quantitative estimate of drug-likeness (QED) is 0.678. The molecule has 0 aromatic heterocycles. The third-order valence-electron chi connectivity index (χ3n) is 6.45. The minimum atomic E-state index is -0.637. The molecule has 3 aliphatic rings. The van der Waals surface area contributed by atoms with Gasteiger partial charge in [0.1, 0.15) is 5.75 Å². The number of carbonyl (C=O) groups excluding carboxylic acids is 2. The molecule has 0 unspecified atom stereocenters. The van der Waals surface area contributed by atoms with Gasteiger partial charge in [0.05, 0.1) is 18.0 Å². The molecule has 1 saturated heterocycles. The van der Waals surface area contributed by atoms with Gasteiger partial charge in [-0.25, -0.2) is 0 Å². The summed E-state index contributed by atoms with van der Waals surface area (Å²) in [5, 5.41) is 0. The summed E-state index contributed by atoms with van der Waals surface area (Å²) in [6.45, 7) is 1.83. The molecule has 5 rings (SSSR count). The van der Waals surface area contributed by atoms with E-state index < -0.39 is 6.10 Å². The van der Waals surface area contributed by atoms with Gasteiger partial charge in [-0.3, -0.25) is 9.59 Å². The summed E-state index contributed by atoms with van der Waals surface area (Å²) in [6, 6.07) is 14.1. The van der Waals surface area contributed by atoms with Gasteiger partial charge in [-0.05, 0) is 73.9 Å². The summed E-state index contributed by atoms with van der Waals surface area (Å²) in [5.74, 6) is 0.966. The molecule has 162 valence electrons. The minimum Gasteiger partial charge on any atom is -0.476 e. The number of fused-ring (bicyclic) bond motifs is 2. The highest BCUT2D eigenvalue weighted by Crippen LogP contribution is 2.35. The van der Waals surface area contributed by atoms with Gasteiger partial charge >= 0.3 is 0 Å². The van der Waals surface area contributed by atoms with Crippen molar-refractivity contribution in [1.29, 1.82) is 0 Å². The largest absolute Gasteiger partial charge is 0.476 e. The monoisotopic (exact) mass is 436 g/mol. The van der Waals surface area contributed by atoms with Gasteiger partial charge in [0.15, 0.2) is 6.10 Å². The fourth-order valence-corrected chi connectivity index (χ4v) is 5.61. The first-order chi connectivity index (χ1) is 15.2. The van der Waals surface area contributed by atoms with Crippen LogP contribution in [0, 0.1) is 0 Å². The van der Waals surface area contributed by atoms with Gasteiger partial charge in [-0.15, -0.1) is 11.8 Å². The Balaban J connectivity index is 1.30. The first kappa shape index (κ1) is 20.4. The van der Waals surface area contributed by atoms with E-state index in [0.29, 0.717) is 11.5 Å². The molecular formula is C25H28N2O3S. The number of thioether (sulfide) groups is 1. The van der Waals surface area contributed by atoms with Crippen molar-refractivity contribution in [1.82, 2.24) is 4.90 Å². The van der Waals surface area contributed by atoms with Crippen molar-refractivity contribution in [2.24, 2.45) is 0 Å². The highest BCUT2D eigenvalue weighted by molar-refractivity contribution is 8.00. The number of benzene rings is 2. The van der Waals surface area contributed by atoms with Crippen molar-refractivity contribution in [2.75, 3.05) is 30.3 Å². The standard InChI is InChI=1S/C25H28N2O3S/c28-24(17-31-20-12-11-18-7-6-8-19(18)15-20)27-16-23(25(29)26-13-4-1-5-14-26)30-22-10-3-2-9-21(22)27/h2-3,9-12,15,23H,1,4-8,13-14,16-17H2/t23-/m0/s1. The molecule has 0 radical (unpaired) electrons. The van der Waals surface area contributed by atoms with Crippen LogP contribution in [0.2, 0.25) is 0 Å². The van der Waals surface area contributed by atoms with Crippen molar-refractivity contribution >= 4 is 29.3 Å². The smallest absolute Gasteiger partial charge is 0.265 e.